The summed E-state index contributed by atoms with van der Waals surface area (Å²) in [5, 5.41) is 25.0. The molecule has 0 bridgehead atoms. The fraction of sp³-hybridized carbons (Fsp3) is 0.429. The number of nitro benzene ring substituents is 2. The zero-order chi connectivity index (χ0) is 21.3. The van der Waals surface area contributed by atoms with E-state index in [1.807, 2.05) is 24.3 Å². The Morgan fingerprint density at radius 3 is 2.37 bits per heavy atom. The third-order valence-corrected chi connectivity index (χ3v) is 5.13. The van der Waals surface area contributed by atoms with Crippen LogP contribution in [-0.2, 0) is 6.54 Å². The van der Waals surface area contributed by atoms with E-state index in [0.29, 0.717) is 13.2 Å². The number of ether oxygens (including phenoxy) is 1. The Hall–Kier alpha value is -3.20. The molecule has 0 aliphatic carbocycles. The predicted octanol–water partition coefficient (Wildman–Crippen LogP) is 4.37. The molecule has 0 aromatic heterocycles. The summed E-state index contributed by atoms with van der Waals surface area (Å²) in [6.45, 7) is 4.47. The molecule has 0 atom stereocenters. The SMILES string of the molecule is O=[N+]([O-])c1ccc(NCc2ccc(OCCCN3CCCCC3)cc2)c([N+](=O)[O-])c1. The van der Waals surface area contributed by atoms with E-state index in [2.05, 4.69) is 10.2 Å². The Kier molecular flexibility index (Phi) is 7.56. The lowest BCUT2D eigenvalue weighted by Gasteiger charge is -2.26. The number of benzene rings is 2. The topological polar surface area (TPSA) is 111 Å². The van der Waals surface area contributed by atoms with Gasteiger partial charge in [-0.25, -0.2) is 0 Å². The first kappa shape index (κ1) is 21.5. The minimum atomic E-state index is -0.651. The Bertz CT molecular complexity index is 866. The van der Waals surface area contributed by atoms with Crippen LogP contribution in [0, 0.1) is 20.2 Å². The smallest absolute Gasteiger partial charge is 0.299 e. The van der Waals surface area contributed by atoms with Crippen molar-refractivity contribution in [2.24, 2.45) is 0 Å². The number of non-ortho nitro benzene ring substituents is 1. The molecule has 0 amide bonds. The summed E-state index contributed by atoms with van der Waals surface area (Å²) in [6, 6.07) is 11.1. The highest BCUT2D eigenvalue weighted by Crippen LogP contribution is 2.29. The number of nitro groups is 2. The second kappa shape index (κ2) is 10.5. The van der Waals surface area contributed by atoms with Crippen molar-refractivity contribution in [3.8, 4) is 5.75 Å². The first-order valence-electron chi connectivity index (χ1n) is 10.1. The van der Waals surface area contributed by atoms with E-state index in [1.54, 1.807) is 0 Å². The molecule has 3 rings (SSSR count). The lowest BCUT2D eigenvalue weighted by molar-refractivity contribution is -0.393. The number of nitrogens with one attached hydrogen (secondary N) is 1. The van der Waals surface area contributed by atoms with Crippen molar-refractivity contribution in [2.75, 3.05) is 31.6 Å². The summed E-state index contributed by atoms with van der Waals surface area (Å²) in [7, 11) is 0. The van der Waals surface area contributed by atoms with Crippen molar-refractivity contribution < 1.29 is 14.6 Å². The van der Waals surface area contributed by atoms with Gasteiger partial charge in [0.25, 0.3) is 11.4 Å². The highest BCUT2D eigenvalue weighted by molar-refractivity contribution is 5.65. The summed E-state index contributed by atoms with van der Waals surface area (Å²) >= 11 is 0. The lowest BCUT2D eigenvalue weighted by atomic mass is 10.1. The summed E-state index contributed by atoms with van der Waals surface area (Å²) in [5.41, 5.74) is 0.527. The number of hydrogen-bond donors (Lipinski definition) is 1. The van der Waals surface area contributed by atoms with Crippen LogP contribution in [0.2, 0.25) is 0 Å². The van der Waals surface area contributed by atoms with Crippen LogP contribution in [-0.4, -0.2) is 41.0 Å². The number of rotatable bonds is 10. The first-order valence-corrected chi connectivity index (χ1v) is 10.1. The maximum absolute atomic E-state index is 11.2. The van der Waals surface area contributed by atoms with Crippen molar-refractivity contribution in [1.29, 1.82) is 0 Å². The maximum atomic E-state index is 11.2. The van der Waals surface area contributed by atoms with Crippen LogP contribution in [0.3, 0.4) is 0 Å². The second-order valence-electron chi connectivity index (χ2n) is 7.32. The average molecular weight is 414 g/mol. The number of nitrogens with zero attached hydrogens (tertiary/aromatic N) is 3. The average Bonchev–Trinajstić information content (AvgIpc) is 2.76. The minimum absolute atomic E-state index is 0.239. The Labute approximate surface area is 174 Å². The van der Waals surface area contributed by atoms with Gasteiger partial charge in [-0.15, -0.1) is 0 Å². The van der Waals surface area contributed by atoms with Crippen LogP contribution < -0.4 is 10.1 Å². The molecule has 1 aliphatic rings. The fourth-order valence-corrected chi connectivity index (χ4v) is 3.50. The Morgan fingerprint density at radius 1 is 0.967 bits per heavy atom. The van der Waals surface area contributed by atoms with E-state index in [0.717, 1.165) is 30.3 Å². The van der Waals surface area contributed by atoms with Gasteiger partial charge < -0.3 is 15.0 Å². The molecular formula is C21H26N4O5. The van der Waals surface area contributed by atoms with Gasteiger partial charge in [-0.2, -0.15) is 0 Å². The third kappa shape index (κ3) is 6.15. The molecule has 9 nitrogen and oxygen atoms in total. The summed E-state index contributed by atoms with van der Waals surface area (Å²) < 4.78 is 5.80. The van der Waals surface area contributed by atoms with Crippen molar-refractivity contribution in [1.82, 2.24) is 4.90 Å². The molecule has 9 heteroatoms. The lowest BCUT2D eigenvalue weighted by Crippen LogP contribution is -2.31. The molecule has 30 heavy (non-hydrogen) atoms. The maximum Gasteiger partial charge on any atom is 0.299 e. The van der Waals surface area contributed by atoms with Gasteiger partial charge in [-0.1, -0.05) is 18.6 Å². The molecule has 0 unspecified atom stereocenters. The van der Waals surface area contributed by atoms with Gasteiger partial charge in [-0.05, 0) is 56.1 Å². The largest absolute Gasteiger partial charge is 0.494 e. The van der Waals surface area contributed by atoms with Gasteiger partial charge in [0.05, 0.1) is 22.5 Å². The molecule has 1 aliphatic heterocycles. The highest BCUT2D eigenvalue weighted by atomic mass is 16.6. The van der Waals surface area contributed by atoms with Crippen LogP contribution in [0.15, 0.2) is 42.5 Å². The molecular weight excluding hydrogens is 388 g/mol. The number of anilines is 1. The standard InChI is InChI=1S/C21H26N4O5/c26-24(27)18-7-10-20(21(15-18)25(28)29)22-16-17-5-8-19(9-6-17)30-14-4-13-23-11-2-1-3-12-23/h5-10,15,22H,1-4,11-14,16H2. The summed E-state index contributed by atoms with van der Waals surface area (Å²) in [5.74, 6) is 0.790. The van der Waals surface area contributed by atoms with E-state index >= 15 is 0 Å². The summed E-state index contributed by atoms with van der Waals surface area (Å²) in [4.78, 5) is 23.2. The van der Waals surface area contributed by atoms with Gasteiger partial charge in [0.2, 0.25) is 0 Å². The van der Waals surface area contributed by atoms with Crippen molar-refractivity contribution in [3.63, 3.8) is 0 Å². The van der Waals surface area contributed by atoms with E-state index in [-0.39, 0.29) is 17.1 Å². The third-order valence-electron chi connectivity index (χ3n) is 5.13. The second-order valence-corrected chi connectivity index (χ2v) is 7.32. The van der Waals surface area contributed by atoms with Gasteiger partial charge >= 0.3 is 0 Å². The number of hydrogen-bond acceptors (Lipinski definition) is 7. The molecule has 1 N–H and O–H groups in total. The molecule has 0 radical (unpaired) electrons. The molecule has 0 saturated carbocycles. The van der Waals surface area contributed by atoms with Gasteiger partial charge in [-0.3, -0.25) is 20.2 Å². The number of piperidine rings is 1. The number of likely N-dealkylation sites (tertiary alicyclic amines) is 1. The van der Waals surface area contributed by atoms with Gasteiger partial charge in [0, 0.05) is 19.2 Å². The van der Waals surface area contributed by atoms with Crippen LogP contribution in [0.4, 0.5) is 17.1 Å². The van der Waals surface area contributed by atoms with Crippen LogP contribution >= 0.6 is 0 Å². The fourth-order valence-electron chi connectivity index (χ4n) is 3.50. The van der Waals surface area contributed by atoms with Gasteiger partial charge in [0.15, 0.2) is 0 Å². The Balaban J connectivity index is 1.47. The van der Waals surface area contributed by atoms with Gasteiger partial charge in [0.1, 0.15) is 11.4 Å². The molecule has 2 aromatic rings. The normalized spacial score (nSPS) is 14.3. The zero-order valence-corrected chi connectivity index (χ0v) is 16.8. The molecule has 1 heterocycles. The predicted molar refractivity (Wildman–Crippen MR) is 114 cm³/mol. The molecule has 1 fully saturated rings. The molecule has 160 valence electrons. The van der Waals surface area contributed by atoms with Crippen molar-refractivity contribution in [2.45, 2.75) is 32.2 Å². The highest BCUT2D eigenvalue weighted by Gasteiger charge is 2.19. The minimum Gasteiger partial charge on any atom is -0.494 e. The van der Waals surface area contributed by atoms with Crippen LogP contribution in [0.5, 0.6) is 5.75 Å². The molecule has 2 aromatic carbocycles. The van der Waals surface area contributed by atoms with Crippen LogP contribution in [0.25, 0.3) is 0 Å². The molecule has 0 spiro atoms. The van der Waals surface area contributed by atoms with Crippen molar-refractivity contribution >= 4 is 17.1 Å². The molecule has 1 saturated heterocycles. The van der Waals surface area contributed by atoms with Crippen LogP contribution in [0.1, 0.15) is 31.2 Å². The monoisotopic (exact) mass is 414 g/mol. The van der Waals surface area contributed by atoms with E-state index in [9.17, 15) is 20.2 Å². The van der Waals surface area contributed by atoms with E-state index < -0.39 is 9.85 Å². The quantitative estimate of drug-likeness (QED) is 0.349. The first-order chi connectivity index (χ1) is 14.5. The Morgan fingerprint density at radius 2 is 1.70 bits per heavy atom. The van der Waals surface area contributed by atoms with E-state index in [4.69, 9.17) is 4.74 Å². The van der Waals surface area contributed by atoms with E-state index in [1.165, 1.54) is 44.5 Å². The summed E-state index contributed by atoms with van der Waals surface area (Å²) in [6.07, 6.45) is 4.91. The van der Waals surface area contributed by atoms with Crippen molar-refractivity contribution in [3.05, 3.63) is 68.3 Å². The zero-order valence-electron chi connectivity index (χ0n) is 16.8.